The van der Waals surface area contributed by atoms with Gasteiger partial charge in [-0.3, -0.25) is 9.59 Å². The highest BCUT2D eigenvalue weighted by molar-refractivity contribution is 5.98. The molecule has 0 saturated heterocycles. The predicted molar refractivity (Wildman–Crippen MR) is 123 cm³/mol. The van der Waals surface area contributed by atoms with Crippen molar-refractivity contribution in [3.63, 3.8) is 0 Å². The Morgan fingerprint density at radius 1 is 1.15 bits per heavy atom. The summed E-state index contributed by atoms with van der Waals surface area (Å²) in [6, 6.07) is 4.75. The van der Waals surface area contributed by atoms with Crippen LogP contribution in [0.5, 0.6) is 11.5 Å². The fourth-order valence-electron chi connectivity index (χ4n) is 3.49. The molecule has 1 aromatic heterocycles. The number of hydrogen-bond acceptors (Lipinski definition) is 7. The third kappa shape index (κ3) is 6.40. The standard InChI is InChI=1S/C25H29FN2O6/c1-13(2)21(19-9-8-18(26)12-14(19)3)16(5)33-25(31)15(4)28-24(30)22-23(34-17(6)29)20(32-7)10-11-27-22/h8-13,15,21H,5H2,1-4,6-7H3,(H,28,30)/t15-,21+/m0/s1. The third-order valence-corrected chi connectivity index (χ3v) is 5.06. The summed E-state index contributed by atoms with van der Waals surface area (Å²) in [6.45, 7) is 12.2. The van der Waals surface area contributed by atoms with Gasteiger partial charge in [-0.2, -0.15) is 0 Å². The number of aromatic nitrogens is 1. The molecule has 34 heavy (non-hydrogen) atoms. The fraction of sp³-hybridized carbons (Fsp3) is 0.360. The van der Waals surface area contributed by atoms with Gasteiger partial charge in [-0.15, -0.1) is 0 Å². The lowest BCUT2D eigenvalue weighted by molar-refractivity contribution is -0.141. The van der Waals surface area contributed by atoms with Crippen molar-refractivity contribution in [2.24, 2.45) is 5.92 Å². The Kier molecular flexibility index (Phi) is 8.89. The molecule has 0 bridgehead atoms. The Balaban J connectivity index is 2.17. The van der Waals surface area contributed by atoms with E-state index < -0.39 is 23.9 Å². The molecule has 2 aromatic rings. The Labute approximate surface area is 198 Å². The molecular formula is C25H29FN2O6. The zero-order valence-electron chi connectivity index (χ0n) is 20.1. The van der Waals surface area contributed by atoms with Crippen molar-refractivity contribution in [2.45, 2.75) is 46.6 Å². The quantitative estimate of drug-likeness (QED) is 0.433. The number of esters is 2. The van der Waals surface area contributed by atoms with Crippen LogP contribution in [0.4, 0.5) is 4.39 Å². The van der Waals surface area contributed by atoms with Gasteiger partial charge < -0.3 is 19.5 Å². The number of methoxy groups -OCH3 is 1. The molecule has 2 rings (SSSR count). The molecule has 0 unspecified atom stereocenters. The van der Waals surface area contributed by atoms with Crippen molar-refractivity contribution in [3.8, 4) is 11.5 Å². The molecule has 1 N–H and O–H groups in total. The van der Waals surface area contributed by atoms with E-state index in [0.717, 1.165) is 5.56 Å². The van der Waals surface area contributed by atoms with E-state index in [0.29, 0.717) is 5.56 Å². The zero-order chi connectivity index (χ0) is 25.6. The number of rotatable bonds is 9. The first-order valence-electron chi connectivity index (χ1n) is 10.6. The third-order valence-electron chi connectivity index (χ3n) is 5.06. The minimum atomic E-state index is -1.08. The molecule has 1 heterocycles. The molecule has 0 aliphatic heterocycles. The summed E-state index contributed by atoms with van der Waals surface area (Å²) in [4.78, 5) is 40.9. The molecule has 1 amide bonds. The molecule has 2 atom stereocenters. The Morgan fingerprint density at radius 2 is 1.82 bits per heavy atom. The van der Waals surface area contributed by atoms with Crippen LogP contribution >= 0.6 is 0 Å². The first-order chi connectivity index (χ1) is 16.0. The second kappa shape index (κ2) is 11.4. The maximum atomic E-state index is 13.5. The van der Waals surface area contributed by atoms with Crippen molar-refractivity contribution in [3.05, 3.63) is 65.4 Å². The number of ether oxygens (including phenoxy) is 3. The van der Waals surface area contributed by atoms with Gasteiger partial charge in [0.1, 0.15) is 17.6 Å². The number of carbonyl (C=O) groups excluding carboxylic acids is 3. The van der Waals surface area contributed by atoms with Gasteiger partial charge in [0.25, 0.3) is 5.91 Å². The van der Waals surface area contributed by atoms with E-state index in [1.54, 1.807) is 13.0 Å². The van der Waals surface area contributed by atoms with Gasteiger partial charge in [-0.1, -0.05) is 26.5 Å². The normalized spacial score (nSPS) is 12.5. The van der Waals surface area contributed by atoms with Gasteiger partial charge in [-0.25, -0.2) is 14.2 Å². The van der Waals surface area contributed by atoms with Crippen molar-refractivity contribution in [1.29, 1.82) is 0 Å². The SMILES string of the molecule is C=C(OC(=O)[C@H](C)NC(=O)c1nccc(OC)c1OC(C)=O)[C@H](c1ccc(F)cc1C)C(C)C. The average molecular weight is 473 g/mol. The summed E-state index contributed by atoms with van der Waals surface area (Å²) in [5.41, 5.74) is 1.27. The van der Waals surface area contributed by atoms with Crippen LogP contribution in [0.2, 0.25) is 0 Å². The molecule has 0 aliphatic rings. The molecule has 0 saturated carbocycles. The van der Waals surface area contributed by atoms with E-state index in [-0.39, 0.29) is 40.6 Å². The number of halogens is 1. The molecule has 0 fully saturated rings. The van der Waals surface area contributed by atoms with Gasteiger partial charge in [0, 0.05) is 25.1 Å². The first kappa shape index (κ1) is 26.5. The number of aryl methyl sites for hydroxylation is 1. The van der Waals surface area contributed by atoms with Crippen molar-refractivity contribution >= 4 is 17.8 Å². The molecule has 0 aliphatic carbocycles. The minimum Gasteiger partial charge on any atom is -0.493 e. The molecule has 0 radical (unpaired) electrons. The van der Waals surface area contributed by atoms with Gasteiger partial charge in [0.05, 0.1) is 7.11 Å². The largest absolute Gasteiger partial charge is 0.493 e. The number of benzene rings is 1. The van der Waals surface area contributed by atoms with E-state index in [4.69, 9.17) is 14.2 Å². The van der Waals surface area contributed by atoms with Gasteiger partial charge in [0.15, 0.2) is 11.4 Å². The van der Waals surface area contributed by atoms with Crippen LogP contribution in [0, 0.1) is 18.7 Å². The van der Waals surface area contributed by atoms with Crippen LogP contribution in [-0.2, 0) is 14.3 Å². The highest BCUT2D eigenvalue weighted by Crippen LogP contribution is 2.34. The van der Waals surface area contributed by atoms with E-state index in [1.807, 2.05) is 13.8 Å². The van der Waals surface area contributed by atoms with Crippen LogP contribution in [-0.4, -0.2) is 36.0 Å². The monoisotopic (exact) mass is 472 g/mol. The van der Waals surface area contributed by atoms with Crippen LogP contribution in [0.1, 0.15) is 55.2 Å². The van der Waals surface area contributed by atoms with Crippen molar-refractivity contribution in [1.82, 2.24) is 10.3 Å². The lowest BCUT2D eigenvalue weighted by atomic mass is 9.84. The molecule has 1 aromatic carbocycles. The Bertz CT molecular complexity index is 1100. The molecule has 9 heteroatoms. The highest BCUT2D eigenvalue weighted by Gasteiger charge is 2.28. The molecule has 0 spiro atoms. The van der Waals surface area contributed by atoms with Crippen LogP contribution < -0.4 is 14.8 Å². The van der Waals surface area contributed by atoms with E-state index in [9.17, 15) is 18.8 Å². The minimum absolute atomic E-state index is 0.00151. The zero-order valence-corrected chi connectivity index (χ0v) is 20.1. The fourth-order valence-corrected chi connectivity index (χ4v) is 3.49. The number of pyridine rings is 1. The summed E-state index contributed by atoms with van der Waals surface area (Å²) < 4.78 is 29.2. The number of amides is 1. The summed E-state index contributed by atoms with van der Waals surface area (Å²) in [7, 11) is 1.35. The van der Waals surface area contributed by atoms with Crippen molar-refractivity contribution < 1.29 is 33.0 Å². The van der Waals surface area contributed by atoms with E-state index >= 15 is 0 Å². The first-order valence-corrected chi connectivity index (χ1v) is 10.6. The van der Waals surface area contributed by atoms with E-state index in [2.05, 4.69) is 16.9 Å². The number of allylic oxidation sites excluding steroid dienone is 1. The average Bonchev–Trinajstić information content (AvgIpc) is 2.74. The topological polar surface area (TPSA) is 104 Å². The lowest BCUT2D eigenvalue weighted by Crippen LogP contribution is -2.40. The van der Waals surface area contributed by atoms with Gasteiger partial charge in [0.2, 0.25) is 5.75 Å². The second-order valence-electron chi connectivity index (χ2n) is 8.09. The molecular weight excluding hydrogens is 443 g/mol. The number of carbonyl (C=O) groups is 3. The lowest BCUT2D eigenvalue weighted by Gasteiger charge is -2.25. The smallest absolute Gasteiger partial charge is 0.333 e. The van der Waals surface area contributed by atoms with Crippen LogP contribution in [0.15, 0.2) is 42.8 Å². The maximum absolute atomic E-state index is 13.5. The molecule has 8 nitrogen and oxygen atoms in total. The van der Waals surface area contributed by atoms with Crippen LogP contribution in [0.25, 0.3) is 0 Å². The summed E-state index contributed by atoms with van der Waals surface area (Å²) in [5.74, 6) is -2.76. The van der Waals surface area contributed by atoms with Gasteiger partial charge in [-0.05, 0) is 43.0 Å². The van der Waals surface area contributed by atoms with Crippen molar-refractivity contribution in [2.75, 3.05) is 7.11 Å². The highest BCUT2D eigenvalue weighted by atomic mass is 19.1. The summed E-state index contributed by atoms with van der Waals surface area (Å²) in [6.07, 6.45) is 1.31. The Morgan fingerprint density at radius 3 is 2.38 bits per heavy atom. The molecule has 182 valence electrons. The Hall–Kier alpha value is -3.75. The summed E-state index contributed by atoms with van der Waals surface area (Å²) >= 11 is 0. The predicted octanol–water partition coefficient (Wildman–Crippen LogP) is 4.08. The second-order valence-corrected chi connectivity index (χ2v) is 8.09. The maximum Gasteiger partial charge on any atom is 0.333 e. The van der Waals surface area contributed by atoms with Crippen LogP contribution in [0.3, 0.4) is 0 Å². The van der Waals surface area contributed by atoms with E-state index in [1.165, 1.54) is 45.4 Å². The number of nitrogens with zero attached hydrogens (tertiary/aromatic N) is 1. The number of nitrogens with one attached hydrogen (secondary N) is 1. The van der Waals surface area contributed by atoms with Gasteiger partial charge >= 0.3 is 11.9 Å². The number of hydrogen-bond donors (Lipinski definition) is 1. The summed E-state index contributed by atoms with van der Waals surface area (Å²) in [5, 5.41) is 2.48.